The molecule has 0 saturated heterocycles. The minimum atomic E-state index is -0.164. The summed E-state index contributed by atoms with van der Waals surface area (Å²) in [6, 6.07) is 17.2. The number of nitrogens with one attached hydrogen (secondary N) is 1. The first-order valence-electron chi connectivity index (χ1n) is 6.53. The molecule has 0 aliphatic rings. The highest BCUT2D eigenvalue weighted by molar-refractivity contribution is 5.19. The van der Waals surface area contributed by atoms with Crippen molar-refractivity contribution in [1.82, 2.24) is 5.43 Å². The van der Waals surface area contributed by atoms with Gasteiger partial charge in [0.1, 0.15) is 5.82 Å². The largest absolute Gasteiger partial charge is 0.271 e. The summed E-state index contributed by atoms with van der Waals surface area (Å²) in [5, 5.41) is 0. The molecule has 0 fully saturated rings. The predicted octanol–water partition coefficient (Wildman–Crippen LogP) is 2.83. The van der Waals surface area contributed by atoms with Crippen LogP contribution < -0.4 is 11.3 Å². The molecule has 2 rings (SSSR count). The van der Waals surface area contributed by atoms with Crippen LogP contribution in [0.25, 0.3) is 0 Å². The lowest BCUT2D eigenvalue weighted by Crippen LogP contribution is -2.37. The normalized spacial score (nSPS) is 12.3. The van der Waals surface area contributed by atoms with Crippen LogP contribution in [0.4, 0.5) is 4.39 Å². The molecule has 1 unspecified atom stereocenters. The van der Waals surface area contributed by atoms with Crippen LogP contribution in [-0.2, 0) is 12.8 Å². The van der Waals surface area contributed by atoms with Crippen molar-refractivity contribution in [2.45, 2.75) is 25.3 Å². The SMILES string of the molecule is NNC(CCc1ccccc1)Cc1ccccc1F. The van der Waals surface area contributed by atoms with Gasteiger partial charge in [0.25, 0.3) is 0 Å². The van der Waals surface area contributed by atoms with Crippen LogP contribution in [0.3, 0.4) is 0 Å². The van der Waals surface area contributed by atoms with Gasteiger partial charge in [-0.2, -0.15) is 0 Å². The number of rotatable bonds is 6. The smallest absolute Gasteiger partial charge is 0.126 e. The van der Waals surface area contributed by atoms with Crippen molar-refractivity contribution >= 4 is 0 Å². The molecule has 2 aromatic rings. The fraction of sp³-hybridized carbons (Fsp3) is 0.250. The number of hydrazine groups is 1. The maximum Gasteiger partial charge on any atom is 0.126 e. The molecule has 0 aromatic heterocycles. The van der Waals surface area contributed by atoms with Crippen LogP contribution >= 0.6 is 0 Å². The van der Waals surface area contributed by atoms with E-state index in [9.17, 15) is 4.39 Å². The Kier molecular flexibility index (Phi) is 5.07. The van der Waals surface area contributed by atoms with E-state index in [1.54, 1.807) is 6.07 Å². The molecule has 0 aliphatic carbocycles. The van der Waals surface area contributed by atoms with E-state index < -0.39 is 0 Å². The summed E-state index contributed by atoms with van der Waals surface area (Å²) in [4.78, 5) is 0. The molecule has 0 heterocycles. The molecule has 0 amide bonds. The Morgan fingerprint density at radius 2 is 1.68 bits per heavy atom. The van der Waals surface area contributed by atoms with Crippen molar-refractivity contribution in [2.75, 3.05) is 0 Å². The van der Waals surface area contributed by atoms with Crippen LogP contribution in [0.1, 0.15) is 17.5 Å². The lowest BCUT2D eigenvalue weighted by molar-refractivity contribution is 0.480. The highest BCUT2D eigenvalue weighted by Gasteiger charge is 2.10. The first-order chi connectivity index (χ1) is 9.29. The number of benzene rings is 2. The number of hydrogen-bond acceptors (Lipinski definition) is 2. The Hall–Kier alpha value is -1.71. The second kappa shape index (κ2) is 7.02. The second-order valence-corrected chi connectivity index (χ2v) is 4.68. The van der Waals surface area contributed by atoms with Crippen molar-refractivity contribution in [3.05, 3.63) is 71.5 Å². The van der Waals surface area contributed by atoms with E-state index in [4.69, 9.17) is 5.84 Å². The molecule has 0 saturated carbocycles. The third-order valence-corrected chi connectivity index (χ3v) is 3.28. The van der Waals surface area contributed by atoms with E-state index in [1.165, 1.54) is 11.6 Å². The Labute approximate surface area is 113 Å². The van der Waals surface area contributed by atoms with Gasteiger partial charge in [-0.3, -0.25) is 11.3 Å². The van der Waals surface area contributed by atoms with Crippen molar-refractivity contribution < 1.29 is 4.39 Å². The fourth-order valence-corrected chi connectivity index (χ4v) is 2.16. The van der Waals surface area contributed by atoms with Gasteiger partial charge in [0.05, 0.1) is 0 Å². The van der Waals surface area contributed by atoms with Gasteiger partial charge in [-0.15, -0.1) is 0 Å². The van der Waals surface area contributed by atoms with Crippen LogP contribution in [0.5, 0.6) is 0 Å². The number of aryl methyl sites for hydroxylation is 1. The maximum absolute atomic E-state index is 13.6. The summed E-state index contributed by atoms with van der Waals surface area (Å²) < 4.78 is 13.6. The van der Waals surface area contributed by atoms with Crippen LogP contribution in [-0.4, -0.2) is 6.04 Å². The van der Waals surface area contributed by atoms with E-state index in [0.717, 1.165) is 12.8 Å². The van der Waals surface area contributed by atoms with Crippen LogP contribution in [0, 0.1) is 5.82 Å². The van der Waals surface area contributed by atoms with Gasteiger partial charge in [0, 0.05) is 6.04 Å². The molecule has 100 valence electrons. The van der Waals surface area contributed by atoms with E-state index in [2.05, 4.69) is 17.6 Å². The average molecular weight is 258 g/mol. The van der Waals surface area contributed by atoms with Gasteiger partial charge in [0.15, 0.2) is 0 Å². The molecule has 0 radical (unpaired) electrons. The van der Waals surface area contributed by atoms with Crippen molar-refractivity contribution in [3.8, 4) is 0 Å². The summed E-state index contributed by atoms with van der Waals surface area (Å²) in [6.07, 6.45) is 2.43. The Morgan fingerprint density at radius 1 is 1.00 bits per heavy atom. The van der Waals surface area contributed by atoms with Crippen molar-refractivity contribution in [1.29, 1.82) is 0 Å². The van der Waals surface area contributed by atoms with Crippen LogP contribution in [0.15, 0.2) is 54.6 Å². The first-order valence-corrected chi connectivity index (χ1v) is 6.53. The zero-order chi connectivity index (χ0) is 13.5. The molecule has 19 heavy (non-hydrogen) atoms. The summed E-state index contributed by atoms with van der Waals surface area (Å²) >= 11 is 0. The van der Waals surface area contributed by atoms with E-state index >= 15 is 0 Å². The van der Waals surface area contributed by atoms with E-state index in [0.29, 0.717) is 12.0 Å². The van der Waals surface area contributed by atoms with E-state index in [-0.39, 0.29) is 11.9 Å². The van der Waals surface area contributed by atoms with Gasteiger partial charge < -0.3 is 0 Å². The number of nitrogens with two attached hydrogens (primary N) is 1. The molecule has 3 N–H and O–H groups in total. The standard InChI is InChI=1S/C16H19FN2/c17-16-9-5-4-8-14(16)12-15(19-18)11-10-13-6-2-1-3-7-13/h1-9,15,19H,10-12,18H2. The number of hydrogen-bond donors (Lipinski definition) is 2. The topological polar surface area (TPSA) is 38.0 Å². The highest BCUT2D eigenvalue weighted by atomic mass is 19.1. The summed E-state index contributed by atoms with van der Waals surface area (Å²) in [5.41, 5.74) is 4.76. The Bertz CT molecular complexity index is 499. The molecule has 0 spiro atoms. The Morgan fingerprint density at radius 3 is 2.37 bits per heavy atom. The van der Waals surface area contributed by atoms with E-state index in [1.807, 2.05) is 30.3 Å². The average Bonchev–Trinajstić information content (AvgIpc) is 2.46. The number of halogens is 1. The lowest BCUT2D eigenvalue weighted by Gasteiger charge is -2.16. The minimum absolute atomic E-state index is 0.0807. The molecule has 1 atom stereocenters. The summed E-state index contributed by atoms with van der Waals surface area (Å²) in [7, 11) is 0. The quantitative estimate of drug-likeness (QED) is 0.617. The van der Waals surface area contributed by atoms with Crippen LogP contribution in [0.2, 0.25) is 0 Å². The zero-order valence-corrected chi connectivity index (χ0v) is 10.9. The van der Waals surface area contributed by atoms with Gasteiger partial charge >= 0.3 is 0 Å². The predicted molar refractivity (Wildman–Crippen MR) is 76.0 cm³/mol. The molecule has 3 heteroatoms. The monoisotopic (exact) mass is 258 g/mol. The first kappa shape index (κ1) is 13.7. The molecule has 0 bridgehead atoms. The summed E-state index contributed by atoms with van der Waals surface area (Å²) in [6.45, 7) is 0. The Balaban J connectivity index is 1.92. The fourth-order valence-electron chi connectivity index (χ4n) is 2.16. The molecular formula is C16H19FN2. The van der Waals surface area contributed by atoms with Crippen molar-refractivity contribution in [2.24, 2.45) is 5.84 Å². The van der Waals surface area contributed by atoms with Crippen molar-refractivity contribution in [3.63, 3.8) is 0 Å². The van der Waals surface area contributed by atoms with Gasteiger partial charge in [-0.05, 0) is 36.5 Å². The second-order valence-electron chi connectivity index (χ2n) is 4.68. The summed E-state index contributed by atoms with van der Waals surface area (Å²) in [5.74, 6) is 5.40. The lowest BCUT2D eigenvalue weighted by atomic mass is 9.99. The molecular weight excluding hydrogens is 239 g/mol. The third-order valence-electron chi connectivity index (χ3n) is 3.28. The molecule has 0 aliphatic heterocycles. The maximum atomic E-state index is 13.6. The van der Waals surface area contributed by atoms with Gasteiger partial charge in [-0.1, -0.05) is 48.5 Å². The van der Waals surface area contributed by atoms with Gasteiger partial charge in [0.2, 0.25) is 0 Å². The third kappa shape index (κ3) is 4.16. The molecule has 2 nitrogen and oxygen atoms in total. The highest BCUT2D eigenvalue weighted by Crippen LogP contribution is 2.12. The minimum Gasteiger partial charge on any atom is -0.271 e. The molecule has 2 aromatic carbocycles. The van der Waals surface area contributed by atoms with Gasteiger partial charge in [-0.25, -0.2) is 4.39 Å². The zero-order valence-electron chi connectivity index (χ0n) is 10.9.